The molecule has 0 unspecified atom stereocenters. The highest BCUT2D eigenvalue weighted by atomic mass is 16.6. The summed E-state index contributed by atoms with van der Waals surface area (Å²) < 4.78 is 16.9. The lowest BCUT2D eigenvalue weighted by molar-refractivity contribution is -0.167. The summed E-state index contributed by atoms with van der Waals surface area (Å²) in [4.78, 5) is 38.2. The van der Waals surface area contributed by atoms with Gasteiger partial charge in [-0.05, 0) is 89.9 Å². The summed E-state index contributed by atoms with van der Waals surface area (Å²) in [7, 11) is 0. The van der Waals surface area contributed by atoms with Crippen molar-refractivity contribution in [3.05, 3.63) is 60.8 Å². The van der Waals surface area contributed by atoms with Gasteiger partial charge in [0, 0.05) is 19.3 Å². The van der Waals surface area contributed by atoms with Crippen LogP contribution in [-0.2, 0) is 28.6 Å². The predicted octanol–water partition coefficient (Wildman–Crippen LogP) is 20.0. The minimum absolute atomic E-state index is 0.0819. The van der Waals surface area contributed by atoms with E-state index in [1.165, 1.54) is 173 Å². The zero-order valence-corrected chi connectivity index (χ0v) is 45.8. The van der Waals surface area contributed by atoms with Gasteiger partial charge in [-0.2, -0.15) is 0 Å². The van der Waals surface area contributed by atoms with E-state index in [0.717, 1.165) is 89.9 Å². The molecule has 6 heteroatoms. The van der Waals surface area contributed by atoms with E-state index in [2.05, 4.69) is 81.5 Å². The van der Waals surface area contributed by atoms with Crippen molar-refractivity contribution in [3.8, 4) is 0 Å². The summed E-state index contributed by atoms with van der Waals surface area (Å²) >= 11 is 0. The lowest BCUT2D eigenvalue weighted by atomic mass is 10.0. The van der Waals surface area contributed by atoms with Crippen LogP contribution >= 0.6 is 0 Å². The van der Waals surface area contributed by atoms with Crippen LogP contribution in [0.4, 0.5) is 0 Å². The van der Waals surface area contributed by atoms with Crippen LogP contribution in [-0.4, -0.2) is 37.2 Å². The van der Waals surface area contributed by atoms with E-state index in [9.17, 15) is 14.4 Å². The molecular weight excluding hydrogens is 853 g/mol. The minimum Gasteiger partial charge on any atom is -0.462 e. The van der Waals surface area contributed by atoms with Crippen LogP contribution in [0.5, 0.6) is 0 Å². The van der Waals surface area contributed by atoms with Gasteiger partial charge in [0.05, 0.1) is 0 Å². The molecule has 0 aliphatic carbocycles. The second-order valence-electron chi connectivity index (χ2n) is 19.9. The van der Waals surface area contributed by atoms with Crippen LogP contribution in [0, 0.1) is 0 Å². The first kappa shape index (κ1) is 66.1. The van der Waals surface area contributed by atoms with Gasteiger partial charge in [-0.3, -0.25) is 14.4 Å². The number of rotatable bonds is 54. The second kappa shape index (κ2) is 57.7. The maximum absolute atomic E-state index is 12.9. The van der Waals surface area contributed by atoms with Crippen molar-refractivity contribution in [1.82, 2.24) is 0 Å². The molecular formula is C63H112O6. The molecule has 400 valence electrons. The van der Waals surface area contributed by atoms with Gasteiger partial charge < -0.3 is 14.2 Å². The number of ether oxygens (including phenoxy) is 3. The number of esters is 3. The maximum atomic E-state index is 12.9. The molecule has 0 aromatic rings. The number of hydrogen-bond acceptors (Lipinski definition) is 6. The Morgan fingerprint density at radius 2 is 0.522 bits per heavy atom. The average Bonchev–Trinajstić information content (AvgIpc) is 3.35. The van der Waals surface area contributed by atoms with Gasteiger partial charge >= 0.3 is 17.9 Å². The van der Waals surface area contributed by atoms with E-state index < -0.39 is 6.10 Å². The summed E-state index contributed by atoms with van der Waals surface area (Å²) in [5.41, 5.74) is 0. The van der Waals surface area contributed by atoms with Crippen molar-refractivity contribution < 1.29 is 28.6 Å². The Bertz CT molecular complexity index is 1250. The molecule has 6 nitrogen and oxygen atoms in total. The third-order valence-electron chi connectivity index (χ3n) is 13.0. The first-order valence-electron chi connectivity index (χ1n) is 29.8. The Hall–Kier alpha value is -2.89. The molecule has 0 N–H and O–H groups in total. The van der Waals surface area contributed by atoms with Gasteiger partial charge in [-0.25, -0.2) is 0 Å². The highest BCUT2D eigenvalue weighted by molar-refractivity contribution is 5.71. The van der Waals surface area contributed by atoms with E-state index >= 15 is 0 Å². The van der Waals surface area contributed by atoms with Crippen LogP contribution < -0.4 is 0 Å². The van der Waals surface area contributed by atoms with Gasteiger partial charge in [0.25, 0.3) is 0 Å². The fourth-order valence-corrected chi connectivity index (χ4v) is 8.48. The fraction of sp³-hybridized carbons (Fsp3) is 0.794. The molecule has 0 radical (unpaired) electrons. The monoisotopic (exact) mass is 965 g/mol. The Morgan fingerprint density at radius 3 is 0.841 bits per heavy atom. The Morgan fingerprint density at radius 1 is 0.290 bits per heavy atom. The molecule has 0 bridgehead atoms. The van der Waals surface area contributed by atoms with Crippen LogP contribution in [0.15, 0.2) is 60.8 Å². The first-order chi connectivity index (χ1) is 34.0. The second-order valence-corrected chi connectivity index (χ2v) is 19.9. The van der Waals surface area contributed by atoms with Crippen molar-refractivity contribution in [2.24, 2.45) is 0 Å². The van der Waals surface area contributed by atoms with E-state index in [1.807, 2.05) is 0 Å². The van der Waals surface area contributed by atoms with Gasteiger partial charge in [-0.15, -0.1) is 0 Å². The van der Waals surface area contributed by atoms with Gasteiger partial charge in [-0.1, -0.05) is 255 Å². The maximum Gasteiger partial charge on any atom is 0.306 e. The number of carbonyl (C=O) groups is 3. The summed E-state index contributed by atoms with van der Waals surface area (Å²) in [6.07, 6.45) is 72.0. The third-order valence-corrected chi connectivity index (χ3v) is 13.0. The Kier molecular flexibility index (Phi) is 55.3. The normalized spacial score (nSPS) is 12.4. The molecule has 0 heterocycles. The van der Waals surface area contributed by atoms with E-state index in [1.54, 1.807) is 0 Å². The van der Waals surface area contributed by atoms with Crippen molar-refractivity contribution in [2.45, 2.75) is 309 Å². The van der Waals surface area contributed by atoms with Crippen LogP contribution in [0.25, 0.3) is 0 Å². The van der Waals surface area contributed by atoms with Crippen LogP contribution in [0.3, 0.4) is 0 Å². The number of unbranched alkanes of at least 4 members (excludes halogenated alkanes) is 33. The SMILES string of the molecule is CCCCC/C=C\C/C=C\C/C=C\CCCCCCC(=O)O[C@H](COC(=O)CCCCCCCCCCC/C=C\C/C=C\CCCCC)COC(=O)CCCCCCCCCCCCCCCCC. The molecule has 0 spiro atoms. The molecule has 0 saturated carbocycles. The summed E-state index contributed by atoms with van der Waals surface area (Å²) in [5, 5.41) is 0. The summed E-state index contributed by atoms with van der Waals surface area (Å²) in [5.74, 6) is -0.894. The largest absolute Gasteiger partial charge is 0.462 e. The molecule has 0 aromatic carbocycles. The number of hydrogen-bond donors (Lipinski definition) is 0. The van der Waals surface area contributed by atoms with E-state index in [0.29, 0.717) is 19.3 Å². The average molecular weight is 966 g/mol. The van der Waals surface area contributed by atoms with E-state index in [4.69, 9.17) is 14.2 Å². The highest BCUT2D eigenvalue weighted by Gasteiger charge is 2.19. The van der Waals surface area contributed by atoms with Crippen LogP contribution in [0.2, 0.25) is 0 Å². The Balaban J connectivity index is 4.40. The topological polar surface area (TPSA) is 78.9 Å². The highest BCUT2D eigenvalue weighted by Crippen LogP contribution is 2.16. The summed E-state index contributed by atoms with van der Waals surface area (Å²) in [6, 6.07) is 0. The molecule has 0 amide bonds. The predicted molar refractivity (Wildman–Crippen MR) is 298 cm³/mol. The number of allylic oxidation sites excluding steroid dienone is 10. The molecule has 0 aliphatic rings. The molecule has 1 atom stereocenters. The van der Waals surface area contributed by atoms with Gasteiger partial charge in [0.1, 0.15) is 13.2 Å². The molecule has 0 aromatic heterocycles. The van der Waals surface area contributed by atoms with Crippen molar-refractivity contribution >= 4 is 17.9 Å². The lowest BCUT2D eigenvalue weighted by Crippen LogP contribution is -2.30. The minimum atomic E-state index is -0.786. The molecule has 0 fully saturated rings. The molecule has 0 rings (SSSR count). The molecule has 0 saturated heterocycles. The molecule has 69 heavy (non-hydrogen) atoms. The zero-order chi connectivity index (χ0) is 50.0. The third kappa shape index (κ3) is 55.9. The van der Waals surface area contributed by atoms with Crippen molar-refractivity contribution in [2.75, 3.05) is 13.2 Å². The quantitative estimate of drug-likeness (QED) is 0.0262. The number of carbonyl (C=O) groups excluding carboxylic acids is 3. The smallest absolute Gasteiger partial charge is 0.306 e. The molecule has 0 aliphatic heterocycles. The van der Waals surface area contributed by atoms with Crippen molar-refractivity contribution in [1.29, 1.82) is 0 Å². The lowest BCUT2D eigenvalue weighted by Gasteiger charge is -2.18. The van der Waals surface area contributed by atoms with Gasteiger partial charge in [0.15, 0.2) is 6.10 Å². The van der Waals surface area contributed by atoms with Crippen LogP contribution in [0.1, 0.15) is 303 Å². The fourth-order valence-electron chi connectivity index (χ4n) is 8.48. The standard InChI is InChI=1S/C63H112O6/c1-4-7-10-13-16-19-22-25-28-30-31-33-35-38-41-44-47-50-53-56-62(65)68-59-60(58-67-61(64)55-52-49-46-43-40-37-34-27-24-21-18-15-12-9-6-3)69-63(66)57-54-51-48-45-42-39-36-32-29-26-23-20-17-14-11-8-5-2/h16-17,19-20,25-26,28-29,36,39,60H,4-15,18,21-24,27,30-35,37-38,40-59H2,1-3H3/b19-16-,20-17-,28-25-,29-26-,39-36-/t60-/m0/s1. The van der Waals surface area contributed by atoms with Gasteiger partial charge in [0.2, 0.25) is 0 Å². The summed E-state index contributed by atoms with van der Waals surface area (Å²) in [6.45, 7) is 6.60. The van der Waals surface area contributed by atoms with E-state index in [-0.39, 0.29) is 31.1 Å². The first-order valence-corrected chi connectivity index (χ1v) is 29.8. The Labute approximate surface area is 428 Å². The zero-order valence-electron chi connectivity index (χ0n) is 45.8. The van der Waals surface area contributed by atoms with Crippen molar-refractivity contribution in [3.63, 3.8) is 0 Å².